The second-order valence-electron chi connectivity index (χ2n) is 2.59. The molecule has 0 fully saturated rings. The maximum Gasteiger partial charge on any atom is 0.416 e. The highest BCUT2D eigenvalue weighted by atomic mass is 19.4. The number of nitrogens with two attached hydrogens (primary N) is 1. The first-order chi connectivity index (χ1) is 6.32. The van der Waals surface area contributed by atoms with Gasteiger partial charge in [0.15, 0.2) is 0 Å². The lowest BCUT2D eigenvalue weighted by atomic mass is 10.1. The maximum atomic E-state index is 12.1. The van der Waals surface area contributed by atoms with Crippen molar-refractivity contribution in [3.63, 3.8) is 0 Å². The number of rotatable bonds is 1. The summed E-state index contributed by atoms with van der Waals surface area (Å²) in [7, 11) is 0. The number of carbonyl (C=O) groups excluding carboxylic acids is 1. The van der Waals surface area contributed by atoms with E-state index in [4.69, 9.17) is 10.8 Å². The number of aromatic hydroxyl groups is 1. The van der Waals surface area contributed by atoms with E-state index < -0.39 is 29.0 Å². The van der Waals surface area contributed by atoms with Crippen LogP contribution in [0.1, 0.15) is 15.9 Å². The SMILES string of the molecule is NC(=O)c1cc(C(F)(F)F)ccc1O. The fourth-order valence-corrected chi connectivity index (χ4v) is 0.910. The van der Waals surface area contributed by atoms with Crippen molar-refractivity contribution in [1.82, 2.24) is 0 Å². The van der Waals surface area contributed by atoms with Crippen LogP contribution in [0.3, 0.4) is 0 Å². The number of carbonyl (C=O) groups is 1. The van der Waals surface area contributed by atoms with Crippen molar-refractivity contribution in [1.29, 1.82) is 0 Å². The number of alkyl halides is 3. The van der Waals surface area contributed by atoms with Crippen molar-refractivity contribution in [3.05, 3.63) is 29.3 Å². The Labute approximate surface area is 77.0 Å². The Bertz CT molecular complexity index is 373. The molecule has 14 heavy (non-hydrogen) atoms. The van der Waals surface area contributed by atoms with Crippen LogP contribution in [0.4, 0.5) is 13.2 Å². The van der Waals surface area contributed by atoms with Gasteiger partial charge in [-0.1, -0.05) is 0 Å². The molecule has 0 unspecified atom stereocenters. The van der Waals surface area contributed by atoms with Gasteiger partial charge in [0, 0.05) is 0 Å². The Morgan fingerprint density at radius 2 is 1.93 bits per heavy atom. The van der Waals surface area contributed by atoms with E-state index in [1.807, 2.05) is 0 Å². The zero-order chi connectivity index (χ0) is 10.9. The monoisotopic (exact) mass is 205 g/mol. The molecule has 0 bridgehead atoms. The molecule has 1 aromatic rings. The van der Waals surface area contributed by atoms with Gasteiger partial charge in [-0.05, 0) is 18.2 Å². The number of halogens is 3. The standard InChI is InChI=1S/C8H6F3NO2/c9-8(10,11)4-1-2-6(13)5(3-4)7(12)14/h1-3,13H,(H2,12,14). The predicted molar refractivity (Wildman–Crippen MR) is 41.6 cm³/mol. The zero-order valence-corrected chi connectivity index (χ0v) is 6.80. The molecule has 0 atom stereocenters. The van der Waals surface area contributed by atoms with Crippen LogP contribution in [-0.4, -0.2) is 11.0 Å². The van der Waals surface area contributed by atoms with Gasteiger partial charge in [-0.25, -0.2) is 0 Å². The van der Waals surface area contributed by atoms with E-state index in [0.717, 1.165) is 6.07 Å². The molecule has 76 valence electrons. The maximum absolute atomic E-state index is 12.1. The molecular formula is C8H6F3NO2. The number of hydrogen-bond donors (Lipinski definition) is 2. The average molecular weight is 205 g/mol. The predicted octanol–water partition coefficient (Wildman–Crippen LogP) is 1.51. The smallest absolute Gasteiger partial charge is 0.416 e. The van der Waals surface area contributed by atoms with E-state index in [1.54, 1.807) is 0 Å². The van der Waals surface area contributed by atoms with E-state index in [2.05, 4.69) is 0 Å². The highest BCUT2D eigenvalue weighted by Crippen LogP contribution is 2.31. The fourth-order valence-electron chi connectivity index (χ4n) is 0.910. The van der Waals surface area contributed by atoms with Gasteiger partial charge in [0.05, 0.1) is 11.1 Å². The van der Waals surface area contributed by atoms with Crippen molar-refractivity contribution in [3.8, 4) is 5.75 Å². The zero-order valence-electron chi connectivity index (χ0n) is 6.80. The van der Waals surface area contributed by atoms with Gasteiger partial charge in [0.25, 0.3) is 5.91 Å². The van der Waals surface area contributed by atoms with Crippen LogP contribution in [0, 0.1) is 0 Å². The molecule has 6 heteroatoms. The topological polar surface area (TPSA) is 63.3 Å². The minimum absolute atomic E-state index is 0.512. The lowest BCUT2D eigenvalue weighted by Gasteiger charge is -2.08. The van der Waals surface area contributed by atoms with Crippen molar-refractivity contribution < 1.29 is 23.1 Å². The van der Waals surface area contributed by atoms with Gasteiger partial charge in [0.1, 0.15) is 5.75 Å². The summed E-state index contributed by atoms with van der Waals surface area (Å²) in [5, 5.41) is 9.00. The van der Waals surface area contributed by atoms with Crippen molar-refractivity contribution in [2.24, 2.45) is 5.73 Å². The molecular weight excluding hydrogens is 199 g/mol. The minimum atomic E-state index is -4.56. The van der Waals surface area contributed by atoms with Gasteiger partial charge >= 0.3 is 6.18 Å². The molecule has 1 aromatic carbocycles. The molecule has 0 aliphatic heterocycles. The molecule has 3 N–H and O–H groups in total. The van der Waals surface area contributed by atoms with E-state index in [1.165, 1.54) is 0 Å². The van der Waals surface area contributed by atoms with Crippen LogP contribution in [0.5, 0.6) is 5.75 Å². The molecule has 0 saturated carbocycles. The van der Waals surface area contributed by atoms with Crippen molar-refractivity contribution in [2.45, 2.75) is 6.18 Å². The first-order valence-corrected chi connectivity index (χ1v) is 3.52. The number of benzene rings is 1. The lowest BCUT2D eigenvalue weighted by molar-refractivity contribution is -0.137. The highest BCUT2D eigenvalue weighted by Gasteiger charge is 2.31. The number of primary amides is 1. The third-order valence-electron chi connectivity index (χ3n) is 1.59. The molecule has 0 aliphatic rings. The Hall–Kier alpha value is -1.72. The van der Waals surface area contributed by atoms with Crippen LogP contribution in [-0.2, 0) is 6.18 Å². The van der Waals surface area contributed by atoms with E-state index in [9.17, 15) is 18.0 Å². The number of amides is 1. The summed E-state index contributed by atoms with van der Waals surface area (Å²) in [4.78, 5) is 10.6. The first kappa shape index (κ1) is 10.4. The summed E-state index contributed by atoms with van der Waals surface area (Å²) in [6.07, 6.45) is -4.56. The molecule has 0 aliphatic carbocycles. The van der Waals surface area contributed by atoms with Crippen LogP contribution in [0.25, 0.3) is 0 Å². The Balaban J connectivity index is 3.27. The largest absolute Gasteiger partial charge is 0.507 e. The van der Waals surface area contributed by atoms with E-state index in [-0.39, 0.29) is 0 Å². The molecule has 1 amide bonds. The highest BCUT2D eigenvalue weighted by molar-refractivity contribution is 5.95. The third kappa shape index (κ3) is 1.95. The van der Waals surface area contributed by atoms with Crippen LogP contribution in [0.15, 0.2) is 18.2 Å². The van der Waals surface area contributed by atoms with E-state index in [0.29, 0.717) is 12.1 Å². The van der Waals surface area contributed by atoms with Crippen LogP contribution < -0.4 is 5.73 Å². The molecule has 0 radical (unpaired) electrons. The fraction of sp³-hybridized carbons (Fsp3) is 0.125. The Morgan fingerprint density at radius 1 is 1.36 bits per heavy atom. The van der Waals surface area contributed by atoms with Gasteiger partial charge in [-0.2, -0.15) is 13.2 Å². The van der Waals surface area contributed by atoms with Crippen molar-refractivity contribution >= 4 is 5.91 Å². The van der Waals surface area contributed by atoms with Crippen molar-refractivity contribution in [2.75, 3.05) is 0 Å². The normalized spacial score (nSPS) is 11.4. The summed E-state index contributed by atoms with van der Waals surface area (Å²) in [5.74, 6) is -1.67. The number of phenols is 1. The molecule has 0 aromatic heterocycles. The molecule has 1 rings (SSSR count). The molecule has 0 heterocycles. The second-order valence-corrected chi connectivity index (χ2v) is 2.59. The van der Waals surface area contributed by atoms with Gasteiger partial charge < -0.3 is 10.8 Å². The number of hydrogen-bond acceptors (Lipinski definition) is 2. The minimum Gasteiger partial charge on any atom is -0.507 e. The van der Waals surface area contributed by atoms with Gasteiger partial charge in [-0.15, -0.1) is 0 Å². The van der Waals surface area contributed by atoms with Crippen LogP contribution in [0.2, 0.25) is 0 Å². The van der Waals surface area contributed by atoms with Crippen LogP contribution >= 0.6 is 0 Å². The molecule has 0 spiro atoms. The quantitative estimate of drug-likeness (QED) is 0.729. The first-order valence-electron chi connectivity index (χ1n) is 3.52. The third-order valence-corrected chi connectivity index (χ3v) is 1.59. The van der Waals surface area contributed by atoms with E-state index >= 15 is 0 Å². The molecule has 3 nitrogen and oxygen atoms in total. The summed E-state index contributed by atoms with van der Waals surface area (Å²) >= 11 is 0. The summed E-state index contributed by atoms with van der Waals surface area (Å²) in [5.41, 5.74) is 3.19. The van der Waals surface area contributed by atoms with Gasteiger partial charge in [-0.3, -0.25) is 4.79 Å². The lowest BCUT2D eigenvalue weighted by Crippen LogP contribution is -2.13. The Kier molecular flexibility index (Phi) is 2.37. The van der Waals surface area contributed by atoms with Gasteiger partial charge in [0.2, 0.25) is 0 Å². The summed E-state index contributed by atoms with van der Waals surface area (Å²) < 4.78 is 36.4. The average Bonchev–Trinajstić information content (AvgIpc) is 2.02. The Morgan fingerprint density at radius 3 is 2.36 bits per heavy atom. The summed E-state index contributed by atoms with van der Waals surface area (Å²) in [6.45, 7) is 0. The summed E-state index contributed by atoms with van der Waals surface area (Å²) in [6, 6.07) is 1.96. The molecule has 0 saturated heterocycles. The second kappa shape index (κ2) is 3.21.